The first kappa shape index (κ1) is 45.5. The van der Waals surface area contributed by atoms with Gasteiger partial charge in [-0.25, -0.2) is 0 Å². The normalized spacial score (nSPS) is 10.9. The molecule has 0 unspecified atom stereocenters. The van der Waals surface area contributed by atoms with Gasteiger partial charge in [-0.3, -0.25) is 9.59 Å². The minimum atomic E-state index is -0.683. The van der Waals surface area contributed by atoms with E-state index in [0.29, 0.717) is 49.4 Å². The van der Waals surface area contributed by atoms with Gasteiger partial charge in [0.1, 0.15) is 69.1 Å². The first-order valence-electron chi connectivity index (χ1n) is 22.4. The third-order valence-electron chi connectivity index (χ3n) is 11.2. The Labute approximate surface area is 392 Å². The third kappa shape index (κ3) is 13.9. The van der Waals surface area contributed by atoms with Gasteiger partial charge in [-0.1, -0.05) is 170 Å². The van der Waals surface area contributed by atoms with Crippen molar-refractivity contribution in [2.45, 2.75) is 44.7 Å². The highest BCUT2D eigenvalue weighted by atomic mass is 16.6. The van der Waals surface area contributed by atoms with Crippen molar-refractivity contribution in [3.63, 3.8) is 0 Å². The Morgan fingerprint density at radius 1 is 0.299 bits per heavy atom. The minimum Gasteiger partial charge on any atom is -0.489 e. The van der Waals surface area contributed by atoms with E-state index in [4.69, 9.17) is 28.4 Å². The predicted molar refractivity (Wildman–Crippen MR) is 259 cm³/mol. The van der Waals surface area contributed by atoms with Crippen molar-refractivity contribution in [1.82, 2.24) is 0 Å². The second-order valence-corrected chi connectivity index (χ2v) is 16.0. The Morgan fingerprint density at radius 2 is 0.522 bits per heavy atom. The van der Waals surface area contributed by atoms with E-state index in [0.717, 1.165) is 44.5 Å². The molecule has 0 fully saturated rings. The van der Waals surface area contributed by atoms with Crippen LogP contribution in [0.4, 0.5) is 0 Å². The lowest BCUT2D eigenvalue weighted by Crippen LogP contribution is -2.20. The number of carbonyl (C=O) groups excluding carboxylic acids is 2. The average molecular weight is 889 g/mol. The van der Waals surface area contributed by atoms with E-state index in [1.807, 2.05) is 218 Å². The Hall–Kier alpha value is -8.10. The molecule has 0 aliphatic carbocycles. The molecule has 0 radical (unpaired) electrons. The van der Waals surface area contributed by atoms with Crippen molar-refractivity contribution < 1.29 is 38.0 Å². The molecule has 336 valence electrons. The van der Waals surface area contributed by atoms with Crippen LogP contribution < -0.4 is 18.9 Å². The van der Waals surface area contributed by atoms with E-state index in [2.05, 4.69) is 0 Å². The fraction of sp³-hybridized carbons (Fsp3) is 0.153. The van der Waals surface area contributed by atoms with Gasteiger partial charge in [0, 0.05) is 11.8 Å². The van der Waals surface area contributed by atoms with Crippen LogP contribution in [-0.4, -0.2) is 25.2 Å². The monoisotopic (exact) mass is 888 g/mol. The van der Waals surface area contributed by atoms with Gasteiger partial charge in [-0.2, -0.15) is 0 Å². The molecule has 0 saturated carbocycles. The lowest BCUT2D eigenvalue weighted by atomic mass is 9.92. The van der Waals surface area contributed by atoms with Crippen molar-refractivity contribution in [1.29, 1.82) is 0 Å². The maximum atomic E-state index is 13.4. The average Bonchev–Trinajstić information content (AvgIpc) is 3.39. The van der Waals surface area contributed by atoms with E-state index < -0.39 is 18.4 Å². The molecule has 0 atom stereocenters. The SMILES string of the molecule is O=C(CC(=O)OCC(c1ccc(OCc2ccccc2)cc1)c1ccc(OCc2ccccc2)cc1)OCC(c1ccc(OCc2ccccc2)cc1)c1ccc(OCc2ccccc2)cc1. The highest BCUT2D eigenvalue weighted by molar-refractivity contribution is 5.91. The molecule has 0 N–H and O–H groups in total. The van der Waals surface area contributed by atoms with Crippen LogP contribution in [0.25, 0.3) is 0 Å². The standard InChI is InChI=1S/C59H52O8/c60-58(66-42-56(48-21-29-52(30-22-48)62-38-44-13-5-1-6-14-44)49-23-31-53(32-24-49)63-39-45-15-7-2-8-16-45)37-59(61)67-43-57(50-25-33-54(34-26-50)64-40-46-17-9-3-10-18-46)51-27-35-55(36-28-51)65-41-47-19-11-4-12-20-47/h1-36,56-57H,37-43H2. The molecule has 0 aliphatic heterocycles. The minimum absolute atomic E-state index is 0.000556. The van der Waals surface area contributed by atoms with Gasteiger partial charge in [-0.15, -0.1) is 0 Å². The predicted octanol–water partition coefficient (Wildman–Crippen LogP) is 12.4. The van der Waals surface area contributed by atoms with Crippen LogP contribution in [0.1, 0.15) is 62.8 Å². The van der Waals surface area contributed by atoms with Crippen molar-refractivity contribution in [3.05, 3.63) is 263 Å². The maximum Gasteiger partial charge on any atom is 0.317 e. The molecule has 8 aromatic carbocycles. The van der Waals surface area contributed by atoms with Crippen LogP contribution in [0, 0.1) is 0 Å². The number of carbonyl (C=O) groups is 2. The number of hydrogen-bond acceptors (Lipinski definition) is 8. The Bertz CT molecular complexity index is 2340. The fourth-order valence-corrected chi connectivity index (χ4v) is 7.49. The number of ether oxygens (including phenoxy) is 6. The summed E-state index contributed by atoms with van der Waals surface area (Å²) in [6.45, 7) is 1.76. The van der Waals surface area contributed by atoms with Crippen molar-refractivity contribution in [2.75, 3.05) is 13.2 Å². The summed E-state index contributed by atoms with van der Waals surface area (Å²) >= 11 is 0. The van der Waals surface area contributed by atoms with Crippen LogP contribution in [0.2, 0.25) is 0 Å². The summed E-state index contributed by atoms with van der Waals surface area (Å²) in [6.07, 6.45) is -0.545. The Morgan fingerprint density at radius 3 is 0.746 bits per heavy atom. The summed E-state index contributed by atoms with van der Waals surface area (Å²) in [6, 6.07) is 71.0. The quantitative estimate of drug-likeness (QED) is 0.0491. The topological polar surface area (TPSA) is 89.5 Å². The molecular formula is C59H52O8. The van der Waals surface area contributed by atoms with Gasteiger partial charge in [-0.05, 0) is 93.0 Å². The molecule has 0 bridgehead atoms. The second kappa shape index (κ2) is 23.7. The molecule has 67 heavy (non-hydrogen) atoms. The number of benzene rings is 8. The smallest absolute Gasteiger partial charge is 0.317 e. The Balaban J connectivity index is 0.913. The largest absolute Gasteiger partial charge is 0.489 e. The number of esters is 2. The summed E-state index contributed by atoms with van der Waals surface area (Å²) in [5.74, 6) is 0.823. The van der Waals surface area contributed by atoms with E-state index >= 15 is 0 Å². The van der Waals surface area contributed by atoms with Crippen molar-refractivity contribution in [2.24, 2.45) is 0 Å². The maximum absolute atomic E-state index is 13.4. The van der Waals surface area contributed by atoms with Crippen LogP contribution >= 0.6 is 0 Å². The molecule has 0 heterocycles. The van der Waals surface area contributed by atoms with Gasteiger partial charge >= 0.3 is 11.9 Å². The van der Waals surface area contributed by atoms with Crippen molar-refractivity contribution >= 4 is 11.9 Å². The third-order valence-corrected chi connectivity index (χ3v) is 11.2. The molecule has 0 aromatic heterocycles. The molecular weight excluding hydrogens is 837 g/mol. The first-order valence-corrected chi connectivity index (χ1v) is 22.4. The van der Waals surface area contributed by atoms with Gasteiger partial charge in [0.2, 0.25) is 0 Å². The zero-order chi connectivity index (χ0) is 45.9. The summed E-state index contributed by atoms with van der Waals surface area (Å²) in [5.41, 5.74) is 7.92. The highest BCUT2D eigenvalue weighted by Gasteiger charge is 2.22. The van der Waals surface area contributed by atoms with Gasteiger partial charge in [0.05, 0.1) is 0 Å². The fourth-order valence-electron chi connectivity index (χ4n) is 7.49. The molecule has 8 aromatic rings. The highest BCUT2D eigenvalue weighted by Crippen LogP contribution is 2.31. The van der Waals surface area contributed by atoms with Gasteiger partial charge in [0.15, 0.2) is 0 Å². The second-order valence-electron chi connectivity index (χ2n) is 16.0. The molecule has 0 aliphatic rings. The summed E-state index contributed by atoms with van der Waals surface area (Å²) in [7, 11) is 0. The van der Waals surface area contributed by atoms with E-state index in [9.17, 15) is 9.59 Å². The summed E-state index contributed by atoms with van der Waals surface area (Å²) < 4.78 is 35.9. The van der Waals surface area contributed by atoms with Gasteiger partial charge < -0.3 is 28.4 Å². The number of hydrogen-bond donors (Lipinski definition) is 0. The lowest BCUT2D eigenvalue weighted by molar-refractivity contribution is -0.154. The Kier molecular flexibility index (Phi) is 16.1. The van der Waals surface area contributed by atoms with Crippen LogP contribution in [-0.2, 0) is 45.5 Å². The van der Waals surface area contributed by atoms with Crippen LogP contribution in [0.3, 0.4) is 0 Å². The zero-order valence-corrected chi connectivity index (χ0v) is 37.2. The van der Waals surface area contributed by atoms with E-state index in [1.165, 1.54) is 0 Å². The van der Waals surface area contributed by atoms with Gasteiger partial charge in [0.25, 0.3) is 0 Å². The number of rotatable bonds is 22. The first-order chi connectivity index (χ1) is 33.0. The molecule has 0 spiro atoms. The van der Waals surface area contributed by atoms with Crippen LogP contribution in [0.5, 0.6) is 23.0 Å². The molecule has 8 nitrogen and oxygen atoms in total. The molecule has 8 rings (SSSR count). The van der Waals surface area contributed by atoms with E-state index in [1.54, 1.807) is 0 Å². The molecule has 8 heteroatoms. The van der Waals surface area contributed by atoms with Crippen molar-refractivity contribution in [3.8, 4) is 23.0 Å². The molecule has 0 saturated heterocycles. The summed E-state index contributed by atoms with van der Waals surface area (Å²) in [5, 5.41) is 0. The van der Waals surface area contributed by atoms with E-state index in [-0.39, 0.29) is 25.0 Å². The lowest BCUT2D eigenvalue weighted by Gasteiger charge is -2.20. The van der Waals surface area contributed by atoms with Crippen LogP contribution in [0.15, 0.2) is 218 Å². The summed E-state index contributed by atoms with van der Waals surface area (Å²) in [4.78, 5) is 26.7. The molecule has 0 amide bonds. The zero-order valence-electron chi connectivity index (χ0n) is 37.2.